The van der Waals surface area contributed by atoms with Gasteiger partial charge in [0.25, 0.3) is 0 Å². The fraction of sp³-hybridized carbons (Fsp3) is 0.312. The van der Waals surface area contributed by atoms with E-state index in [4.69, 9.17) is 27.9 Å². The standard InChI is InChI=1S/C16H18Cl2N2O/c1-10(2)21-13-7-5-4-6-12(13)9-19-15-11(3)8-14(17)20-16(15)18/h4-8,10,19H,9H2,1-3H3. The number of para-hydroxylation sites is 1. The van der Waals surface area contributed by atoms with E-state index in [0.29, 0.717) is 16.9 Å². The van der Waals surface area contributed by atoms with Crippen molar-refractivity contribution >= 4 is 28.9 Å². The van der Waals surface area contributed by atoms with Crippen molar-refractivity contribution in [1.82, 2.24) is 4.98 Å². The fourth-order valence-electron chi connectivity index (χ4n) is 2.01. The van der Waals surface area contributed by atoms with Gasteiger partial charge in [0.2, 0.25) is 0 Å². The Hall–Kier alpha value is -1.45. The topological polar surface area (TPSA) is 34.2 Å². The van der Waals surface area contributed by atoms with E-state index >= 15 is 0 Å². The van der Waals surface area contributed by atoms with Gasteiger partial charge in [-0.25, -0.2) is 4.98 Å². The zero-order valence-corrected chi connectivity index (χ0v) is 13.8. The van der Waals surface area contributed by atoms with Gasteiger partial charge in [-0.1, -0.05) is 41.4 Å². The highest BCUT2D eigenvalue weighted by Gasteiger charge is 2.09. The summed E-state index contributed by atoms with van der Waals surface area (Å²) in [4.78, 5) is 4.05. The second-order valence-corrected chi connectivity index (χ2v) is 5.80. The van der Waals surface area contributed by atoms with Gasteiger partial charge in [0, 0.05) is 12.1 Å². The molecule has 1 aromatic heterocycles. The molecule has 1 aromatic carbocycles. The third kappa shape index (κ3) is 4.26. The minimum absolute atomic E-state index is 0.133. The van der Waals surface area contributed by atoms with Gasteiger partial charge in [-0.15, -0.1) is 0 Å². The minimum atomic E-state index is 0.133. The Bertz CT molecular complexity index is 606. The van der Waals surface area contributed by atoms with Crippen molar-refractivity contribution in [2.75, 3.05) is 5.32 Å². The maximum Gasteiger partial charge on any atom is 0.154 e. The van der Waals surface area contributed by atoms with Crippen LogP contribution >= 0.6 is 23.2 Å². The Balaban J connectivity index is 2.17. The predicted octanol–water partition coefficient (Wildman–Crippen LogP) is 5.10. The number of aryl methyl sites for hydroxylation is 1. The van der Waals surface area contributed by atoms with Crippen molar-refractivity contribution in [3.63, 3.8) is 0 Å². The predicted molar refractivity (Wildman–Crippen MR) is 88.5 cm³/mol. The molecule has 0 fully saturated rings. The molecule has 1 N–H and O–H groups in total. The van der Waals surface area contributed by atoms with E-state index in [1.54, 1.807) is 6.07 Å². The Morgan fingerprint density at radius 3 is 2.62 bits per heavy atom. The normalized spacial score (nSPS) is 10.8. The summed E-state index contributed by atoms with van der Waals surface area (Å²) in [5.41, 5.74) is 2.82. The van der Waals surface area contributed by atoms with E-state index in [1.165, 1.54) is 0 Å². The maximum atomic E-state index is 6.14. The van der Waals surface area contributed by atoms with E-state index < -0.39 is 0 Å². The second-order valence-electron chi connectivity index (χ2n) is 5.06. The van der Waals surface area contributed by atoms with E-state index in [0.717, 1.165) is 22.6 Å². The van der Waals surface area contributed by atoms with Gasteiger partial charge in [-0.3, -0.25) is 0 Å². The molecule has 0 bridgehead atoms. The van der Waals surface area contributed by atoms with E-state index in [9.17, 15) is 0 Å². The van der Waals surface area contributed by atoms with Gasteiger partial charge in [0.05, 0.1) is 11.8 Å². The van der Waals surface area contributed by atoms with Gasteiger partial charge in [-0.2, -0.15) is 0 Å². The summed E-state index contributed by atoms with van der Waals surface area (Å²) < 4.78 is 5.80. The monoisotopic (exact) mass is 324 g/mol. The van der Waals surface area contributed by atoms with E-state index in [-0.39, 0.29) is 6.10 Å². The largest absolute Gasteiger partial charge is 0.491 e. The van der Waals surface area contributed by atoms with E-state index in [2.05, 4.69) is 10.3 Å². The molecule has 0 saturated carbocycles. The molecule has 0 spiro atoms. The van der Waals surface area contributed by atoms with Crippen LogP contribution in [-0.2, 0) is 6.54 Å². The molecule has 0 saturated heterocycles. The summed E-state index contributed by atoms with van der Waals surface area (Å²) in [5, 5.41) is 4.08. The lowest BCUT2D eigenvalue weighted by Crippen LogP contribution is -2.10. The minimum Gasteiger partial charge on any atom is -0.491 e. The van der Waals surface area contributed by atoms with Crippen molar-refractivity contribution in [3.8, 4) is 5.75 Å². The van der Waals surface area contributed by atoms with Crippen LogP contribution in [0.5, 0.6) is 5.75 Å². The smallest absolute Gasteiger partial charge is 0.154 e. The average molecular weight is 325 g/mol. The van der Waals surface area contributed by atoms with Crippen LogP contribution in [0.15, 0.2) is 30.3 Å². The van der Waals surface area contributed by atoms with Gasteiger partial charge >= 0.3 is 0 Å². The molecule has 0 unspecified atom stereocenters. The lowest BCUT2D eigenvalue weighted by atomic mass is 10.2. The molecule has 0 aliphatic heterocycles. The van der Waals surface area contributed by atoms with Crippen LogP contribution in [0, 0.1) is 6.92 Å². The van der Waals surface area contributed by atoms with Crippen molar-refractivity contribution in [2.45, 2.75) is 33.4 Å². The van der Waals surface area contributed by atoms with Gasteiger partial charge in [-0.05, 0) is 38.5 Å². The summed E-state index contributed by atoms with van der Waals surface area (Å²) in [6.07, 6.45) is 0.133. The Kier molecular flexibility index (Phi) is 5.32. The zero-order chi connectivity index (χ0) is 15.4. The molecule has 0 atom stereocenters. The number of hydrogen-bond donors (Lipinski definition) is 1. The van der Waals surface area contributed by atoms with Crippen molar-refractivity contribution in [2.24, 2.45) is 0 Å². The quantitative estimate of drug-likeness (QED) is 0.777. The number of halogens is 2. The van der Waals surface area contributed by atoms with Crippen LogP contribution in [0.25, 0.3) is 0 Å². The van der Waals surface area contributed by atoms with Crippen molar-refractivity contribution in [1.29, 1.82) is 0 Å². The summed E-state index contributed by atoms with van der Waals surface area (Å²) in [5.74, 6) is 0.871. The van der Waals surface area contributed by atoms with Crippen molar-refractivity contribution < 1.29 is 4.74 Å². The Morgan fingerprint density at radius 1 is 1.24 bits per heavy atom. The Morgan fingerprint density at radius 2 is 1.95 bits per heavy atom. The number of benzene rings is 1. The molecule has 0 aliphatic carbocycles. The van der Waals surface area contributed by atoms with Crippen molar-refractivity contribution in [3.05, 3.63) is 51.8 Å². The zero-order valence-electron chi connectivity index (χ0n) is 12.3. The third-order valence-electron chi connectivity index (χ3n) is 2.93. The van der Waals surface area contributed by atoms with Crippen LogP contribution in [-0.4, -0.2) is 11.1 Å². The van der Waals surface area contributed by atoms with Crippen LogP contribution in [0.1, 0.15) is 25.0 Å². The number of anilines is 1. The summed E-state index contributed by atoms with van der Waals surface area (Å²) in [7, 11) is 0. The lowest BCUT2D eigenvalue weighted by Gasteiger charge is -2.16. The van der Waals surface area contributed by atoms with Gasteiger partial charge < -0.3 is 10.1 Å². The molecule has 3 nitrogen and oxygen atoms in total. The molecule has 5 heteroatoms. The second kappa shape index (κ2) is 7.01. The van der Waals surface area contributed by atoms with E-state index in [1.807, 2.05) is 45.0 Å². The Labute approximate surface area is 135 Å². The summed E-state index contributed by atoms with van der Waals surface area (Å²) in [6, 6.07) is 9.72. The number of nitrogens with zero attached hydrogens (tertiary/aromatic N) is 1. The summed E-state index contributed by atoms with van der Waals surface area (Å²) in [6.45, 7) is 6.56. The first-order valence-electron chi connectivity index (χ1n) is 6.78. The molecule has 0 amide bonds. The number of pyridine rings is 1. The number of ether oxygens (including phenoxy) is 1. The highest BCUT2D eigenvalue weighted by atomic mass is 35.5. The molecular weight excluding hydrogens is 307 g/mol. The molecular formula is C16H18Cl2N2O. The average Bonchev–Trinajstić information content (AvgIpc) is 2.38. The molecule has 2 aromatic rings. The molecule has 21 heavy (non-hydrogen) atoms. The lowest BCUT2D eigenvalue weighted by molar-refractivity contribution is 0.240. The van der Waals surface area contributed by atoms with Gasteiger partial charge in [0.1, 0.15) is 10.9 Å². The first-order valence-corrected chi connectivity index (χ1v) is 7.54. The molecule has 2 rings (SSSR count). The number of rotatable bonds is 5. The molecule has 0 aliphatic rings. The molecule has 1 heterocycles. The van der Waals surface area contributed by atoms with Gasteiger partial charge in [0.15, 0.2) is 5.15 Å². The number of nitrogens with one attached hydrogen (secondary N) is 1. The fourth-order valence-corrected chi connectivity index (χ4v) is 2.61. The number of hydrogen-bond acceptors (Lipinski definition) is 3. The van der Waals surface area contributed by atoms with Crippen LogP contribution in [0.2, 0.25) is 10.3 Å². The highest BCUT2D eigenvalue weighted by molar-refractivity contribution is 6.34. The molecule has 0 radical (unpaired) electrons. The first-order chi connectivity index (χ1) is 9.97. The SMILES string of the molecule is Cc1cc(Cl)nc(Cl)c1NCc1ccccc1OC(C)C. The maximum absolute atomic E-state index is 6.14. The summed E-state index contributed by atoms with van der Waals surface area (Å²) >= 11 is 12.0. The van der Waals surface area contributed by atoms with Crippen LogP contribution < -0.4 is 10.1 Å². The molecule has 112 valence electrons. The number of aromatic nitrogens is 1. The third-order valence-corrected chi connectivity index (χ3v) is 3.40. The van der Waals surface area contributed by atoms with Crippen LogP contribution in [0.4, 0.5) is 5.69 Å². The van der Waals surface area contributed by atoms with Crippen LogP contribution in [0.3, 0.4) is 0 Å². The highest BCUT2D eigenvalue weighted by Crippen LogP contribution is 2.28. The first kappa shape index (κ1) is 15.9.